The molecular formula is C17H33ClN4O2. The average molecular weight is 361 g/mol. The third-order valence-electron chi connectivity index (χ3n) is 4.94. The Morgan fingerprint density at radius 1 is 1.08 bits per heavy atom. The second-order valence-electron chi connectivity index (χ2n) is 6.98. The van der Waals surface area contributed by atoms with Gasteiger partial charge in [-0.05, 0) is 44.7 Å². The van der Waals surface area contributed by atoms with Gasteiger partial charge in [0.05, 0.1) is 0 Å². The number of urea groups is 1. The highest BCUT2D eigenvalue weighted by molar-refractivity contribution is 5.85. The first-order valence-electron chi connectivity index (χ1n) is 9.19. The van der Waals surface area contributed by atoms with Crippen molar-refractivity contribution in [2.45, 2.75) is 70.4 Å². The summed E-state index contributed by atoms with van der Waals surface area (Å²) in [4.78, 5) is 23.7. The summed E-state index contributed by atoms with van der Waals surface area (Å²) in [7, 11) is 0. The third kappa shape index (κ3) is 7.71. The smallest absolute Gasteiger partial charge is 0.315 e. The van der Waals surface area contributed by atoms with E-state index in [1.54, 1.807) is 0 Å². The molecule has 140 valence electrons. The predicted molar refractivity (Wildman–Crippen MR) is 98.5 cm³/mol. The van der Waals surface area contributed by atoms with Crippen molar-refractivity contribution in [1.29, 1.82) is 0 Å². The zero-order chi connectivity index (χ0) is 16.5. The third-order valence-corrected chi connectivity index (χ3v) is 4.94. The number of nitrogens with one attached hydrogen (secondary N) is 4. The maximum absolute atomic E-state index is 12.0. The largest absolute Gasteiger partial charge is 0.353 e. The van der Waals surface area contributed by atoms with Crippen LogP contribution < -0.4 is 21.3 Å². The molecule has 2 fully saturated rings. The monoisotopic (exact) mass is 360 g/mol. The van der Waals surface area contributed by atoms with Gasteiger partial charge in [0.2, 0.25) is 5.91 Å². The van der Waals surface area contributed by atoms with Crippen LogP contribution in [0.25, 0.3) is 0 Å². The van der Waals surface area contributed by atoms with Crippen LogP contribution in [0.15, 0.2) is 0 Å². The van der Waals surface area contributed by atoms with Crippen molar-refractivity contribution in [3.63, 3.8) is 0 Å². The second-order valence-corrected chi connectivity index (χ2v) is 6.98. The minimum Gasteiger partial charge on any atom is -0.353 e. The van der Waals surface area contributed by atoms with Gasteiger partial charge >= 0.3 is 6.03 Å². The van der Waals surface area contributed by atoms with Crippen molar-refractivity contribution in [2.24, 2.45) is 5.92 Å². The highest BCUT2D eigenvalue weighted by atomic mass is 35.5. The fourth-order valence-electron chi connectivity index (χ4n) is 3.44. The van der Waals surface area contributed by atoms with Crippen LogP contribution >= 0.6 is 12.4 Å². The molecule has 4 N–H and O–H groups in total. The molecule has 0 bridgehead atoms. The summed E-state index contributed by atoms with van der Waals surface area (Å²) in [5.41, 5.74) is 0. The first-order valence-corrected chi connectivity index (χ1v) is 9.19. The molecule has 2 unspecified atom stereocenters. The van der Waals surface area contributed by atoms with Crippen LogP contribution in [0.4, 0.5) is 4.79 Å². The van der Waals surface area contributed by atoms with Gasteiger partial charge in [0.15, 0.2) is 0 Å². The van der Waals surface area contributed by atoms with Gasteiger partial charge in [0.1, 0.15) is 0 Å². The van der Waals surface area contributed by atoms with Crippen LogP contribution in [-0.4, -0.2) is 43.7 Å². The Hall–Kier alpha value is -1.01. The normalized spacial score (nSPS) is 24.5. The maximum Gasteiger partial charge on any atom is 0.315 e. The molecule has 1 heterocycles. The van der Waals surface area contributed by atoms with Crippen LogP contribution in [0.5, 0.6) is 0 Å². The Morgan fingerprint density at radius 2 is 1.83 bits per heavy atom. The fourth-order valence-corrected chi connectivity index (χ4v) is 3.44. The van der Waals surface area contributed by atoms with Crippen molar-refractivity contribution >= 4 is 24.3 Å². The lowest BCUT2D eigenvalue weighted by molar-refractivity contribution is -0.122. The van der Waals surface area contributed by atoms with E-state index in [1.165, 1.54) is 19.3 Å². The Bertz CT molecular complexity index is 389. The minimum atomic E-state index is -0.0933. The van der Waals surface area contributed by atoms with E-state index in [1.807, 2.05) is 0 Å². The number of rotatable bonds is 6. The van der Waals surface area contributed by atoms with Gasteiger partial charge in [-0.2, -0.15) is 0 Å². The van der Waals surface area contributed by atoms with Gasteiger partial charge in [0, 0.05) is 25.0 Å². The number of carbonyl (C=O) groups is 2. The Kier molecular flexibility index (Phi) is 10.1. The molecule has 1 saturated carbocycles. The molecule has 1 aliphatic carbocycles. The molecule has 3 amide bonds. The highest BCUT2D eigenvalue weighted by Crippen LogP contribution is 2.17. The van der Waals surface area contributed by atoms with Gasteiger partial charge in [-0.1, -0.05) is 26.2 Å². The Labute approximate surface area is 151 Å². The molecule has 0 aromatic rings. The average Bonchev–Trinajstić information content (AvgIpc) is 2.55. The van der Waals surface area contributed by atoms with E-state index in [9.17, 15) is 9.59 Å². The summed E-state index contributed by atoms with van der Waals surface area (Å²) in [5, 5.41) is 12.3. The second kappa shape index (κ2) is 11.5. The number of amides is 3. The zero-order valence-corrected chi connectivity index (χ0v) is 15.6. The van der Waals surface area contributed by atoms with Crippen LogP contribution in [-0.2, 0) is 4.79 Å². The van der Waals surface area contributed by atoms with Crippen molar-refractivity contribution < 1.29 is 9.59 Å². The molecule has 1 saturated heterocycles. The molecule has 7 heteroatoms. The first-order chi connectivity index (χ1) is 11.1. The van der Waals surface area contributed by atoms with Crippen molar-refractivity contribution in [3.8, 4) is 0 Å². The van der Waals surface area contributed by atoms with E-state index in [0.29, 0.717) is 31.3 Å². The van der Waals surface area contributed by atoms with Crippen LogP contribution in [0.3, 0.4) is 0 Å². The molecule has 24 heavy (non-hydrogen) atoms. The summed E-state index contributed by atoms with van der Waals surface area (Å²) < 4.78 is 0. The Morgan fingerprint density at radius 3 is 2.54 bits per heavy atom. The van der Waals surface area contributed by atoms with Crippen molar-refractivity contribution in [1.82, 2.24) is 21.3 Å². The summed E-state index contributed by atoms with van der Waals surface area (Å²) in [6.07, 6.45) is 8.03. The van der Waals surface area contributed by atoms with E-state index in [0.717, 1.165) is 32.4 Å². The minimum absolute atomic E-state index is 0. The number of hydrogen-bond donors (Lipinski definition) is 4. The molecule has 2 rings (SSSR count). The summed E-state index contributed by atoms with van der Waals surface area (Å²) in [6.45, 7) is 4.65. The van der Waals surface area contributed by atoms with Gasteiger partial charge in [0.25, 0.3) is 0 Å². The Balaban J connectivity index is 0.00000288. The molecular weight excluding hydrogens is 328 g/mol. The summed E-state index contributed by atoms with van der Waals surface area (Å²) in [5.74, 6) is 0.574. The lowest BCUT2D eigenvalue weighted by Crippen LogP contribution is -2.48. The first kappa shape index (κ1) is 21.0. The standard InChI is InChI=1S/C17H32N4O2.ClH/c1-13-12-18-11-9-15(13)21-16(22)8-5-10-19-17(23)20-14-6-3-2-4-7-14;/h13-15,18H,2-12H2,1H3,(H,21,22)(H2,19,20,23);1H. The number of hydrogen-bond acceptors (Lipinski definition) is 3. The molecule has 2 atom stereocenters. The van der Waals surface area contributed by atoms with E-state index in [2.05, 4.69) is 28.2 Å². The number of carbonyl (C=O) groups excluding carboxylic acids is 2. The predicted octanol–water partition coefficient (Wildman–Crippen LogP) is 1.93. The van der Waals surface area contributed by atoms with E-state index in [4.69, 9.17) is 0 Å². The fraction of sp³-hybridized carbons (Fsp3) is 0.882. The lowest BCUT2D eigenvalue weighted by atomic mass is 9.95. The van der Waals surface area contributed by atoms with Gasteiger partial charge in [-0.25, -0.2) is 4.79 Å². The topological polar surface area (TPSA) is 82.3 Å². The van der Waals surface area contributed by atoms with Crippen molar-refractivity contribution in [3.05, 3.63) is 0 Å². The lowest BCUT2D eigenvalue weighted by Gasteiger charge is -2.30. The molecule has 0 aromatic carbocycles. The molecule has 6 nitrogen and oxygen atoms in total. The molecule has 1 aliphatic heterocycles. The maximum atomic E-state index is 12.0. The van der Waals surface area contributed by atoms with E-state index >= 15 is 0 Å². The SMILES string of the molecule is CC1CNCCC1NC(=O)CCCNC(=O)NC1CCCCC1.Cl. The summed E-state index contributed by atoms with van der Waals surface area (Å²) in [6, 6.07) is 0.518. The van der Waals surface area contributed by atoms with Gasteiger partial charge in [-0.3, -0.25) is 4.79 Å². The van der Waals surface area contributed by atoms with Crippen molar-refractivity contribution in [2.75, 3.05) is 19.6 Å². The van der Waals surface area contributed by atoms with E-state index in [-0.39, 0.29) is 30.4 Å². The quantitative estimate of drug-likeness (QED) is 0.546. The van der Waals surface area contributed by atoms with Crippen LogP contribution in [0.1, 0.15) is 58.3 Å². The van der Waals surface area contributed by atoms with Gasteiger partial charge in [-0.15, -0.1) is 12.4 Å². The van der Waals surface area contributed by atoms with Crippen LogP contribution in [0, 0.1) is 5.92 Å². The van der Waals surface area contributed by atoms with Crippen LogP contribution in [0.2, 0.25) is 0 Å². The highest BCUT2D eigenvalue weighted by Gasteiger charge is 2.22. The number of piperidine rings is 1. The molecule has 0 radical (unpaired) electrons. The zero-order valence-electron chi connectivity index (χ0n) is 14.7. The summed E-state index contributed by atoms with van der Waals surface area (Å²) >= 11 is 0. The molecule has 0 spiro atoms. The van der Waals surface area contributed by atoms with E-state index < -0.39 is 0 Å². The molecule has 2 aliphatic rings. The molecule has 0 aromatic heterocycles. The van der Waals surface area contributed by atoms with Gasteiger partial charge < -0.3 is 21.3 Å². The number of halogens is 1.